The van der Waals surface area contributed by atoms with Crippen LogP contribution in [0.5, 0.6) is 5.75 Å². The van der Waals surface area contributed by atoms with E-state index in [4.69, 9.17) is 10.00 Å². The molecule has 0 unspecified atom stereocenters. The molecule has 0 aromatic heterocycles. The summed E-state index contributed by atoms with van der Waals surface area (Å²) >= 11 is 0. The fraction of sp³-hybridized carbons (Fsp3) is 0.429. The molecule has 0 N–H and O–H groups in total. The average Bonchev–Trinajstić information content (AvgIpc) is 2.38. The number of nitro benzene ring substituents is 1. The van der Waals surface area contributed by atoms with E-state index < -0.39 is 10.3 Å². The second-order valence-electron chi connectivity index (χ2n) is 5.47. The van der Waals surface area contributed by atoms with Gasteiger partial charge in [-0.3, -0.25) is 15.1 Å². The number of fused-ring (bicyclic) bond motifs is 1. The van der Waals surface area contributed by atoms with E-state index >= 15 is 0 Å². The van der Waals surface area contributed by atoms with Gasteiger partial charge >= 0.3 is 0 Å². The Hall–Kier alpha value is -2.42. The van der Waals surface area contributed by atoms with E-state index in [0.717, 1.165) is 5.71 Å². The van der Waals surface area contributed by atoms with E-state index in [-0.39, 0.29) is 11.8 Å². The first-order valence-electron chi connectivity index (χ1n) is 6.24. The van der Waals surface area contributed by atoms with Gasteiger partial charge in [0.25, 0.3) is 5.69 Å². The molecular weight excluding hydrogens is 258 g/mol. The highest BCUT2D eigenvalue weighted by Gasteiger charge is 2.29. The van der Waals surface area contributed by atoms with Gasteiger partial charge in [-0.15, -0.1) is 0 Å². The molecule has 1 aliphatic heterocycles. The van der Waals surface area contributed by atoms with E-state index in [0.29, 0.717) is 17.9 Å². The lowest BCUT2D eigenvalue weighted by atomic mass is 9.87. The fourth-order valence-electron chi connectivity index (χ4n) is 2.01. The van der Waals surface area contributed by atoms with Gasteiger partial charge in [-0.1, -0.05) is 0 Å². The van der Waals surface area contributed by atoms with Gasteiger partial charge in [0.05, 0.1) is 22.1 Å². The number of hydrogen-bond acceptors (Lipinski definition) is 5. The molecule has 0 saturated carbocycles. The van der Waals surface area contributed by atoms with Gasteiger partial charge < -0.3 is 4.74 Å². The Morgan fingerprint density at radius 3 is 2.85 bits per heavy atom. The number of nitriles is 1. The van der Waals surface area contributed by atoms with Crippen molar-refractivity contribution in [1.29, 1.82) is 5.26 Å². The lowest BCUT2D eigenvalue weighted by Crippen LogP contribution is -2.32. The van der Waals surface area contributed by atoms with Crippen LogP contribution in [-0.4, -0.2) is 16.7 Å². The maximum Gasteiger partial charge on any atom is 0.271 e. The van der Waals surface area contributed by atoms with Crippen LogP contribution in [0.2, 0.25) is 0 Å². The Bertz CT molecular complexity index is 629. The molecule has 1 atom stereocenters. The molecule has 1 heterocycles. The molecule has 104 valence electrons. The summed E-state index contributed by atoms with van der Waals surface area (Å²) in [6.45, 7) is 5.49. The lowest BCUT2D eigenvalue weighted by molar-refractivity contribution is -0.384. The topological polar surface area (TPSA) is 88.5 Å². The molecule has 0 fully saturated rings. The van der Waals surface area contributed by atoms with E-state index in [9.17, 15) is 10.1 Å². The molecule has 6 heteroatoms. The van der Waals surface area contributed by atoms with Crippen LogP contribution >= 0.6 is 0 Å². The number of hydrogen-bond donors (Lipinski definition) is 0. The molecule has 1 aromatic carbocycles. The van der Waals surface area contributed by atoms with Crippen LogP contribution in [0.4, 0.5) is 11.4 Å². The van der Waals surface area contributed by atoms with Crippen LogP contribution in [0.3, 0.4) is 0 Å². The van der Waals surface area contributed by atoms with Crippen LogP contribution in [0.15, 0.2) is 23.2 Å². The summed E-state index contributed by atoms with van der Waals surface area (Å²) in [6.07, 6.45) is 0.244. The Balaban J connectivity index is 2.29. The summed E-state index contributed by atoms with van der Waals surface area (Å²) in [6, 6.07) is 6.57. The van der Waals surface area contributed by atoms with Gasteiger partial charge in [-0.2, -0.15) is 5.26 Å². The van der Waals surface area contributed by atoms with E-state index in [1.807, 2.05) is 13.8 Å². The first kappa shape index (κ1) is 14.0. The second kappa shape index (κ2) is 4.93. The smallest absolute Gasteiger partial charge is 0.271 e. The third-order valence-electron chi connectivity index (χ3n) is 3.18. The molecule has 1 aliphatic rings. The molecule has 20 heavy (non-hydrogen) atoms. The minimum atomic E-state index is -0.514. The molecule has 1 aromatic rings. The van der Waals surface area contributed by atoms with Gasteiger partial charge in [-0.05, 0) is 26.8 Å². The van der Waals surface area contributed by atoms with E-state index in [1.54, 1.807) is 13.0 Å². The van der Waals surface area contributed by atoms with Crippen LogP contribution in [0, 0.1) is 26.9 Å². The van der Waals surface area contributed by atoms with Crippen molar-refractivity contribution in [3.63, 3.8) is 0 Å². The van der Waals surface area contributed by atoms with Crippen molar-refractivity contribution in [3.8, 4) is 11.8 Å². The van der Waals surface area contributed by atoms with Crippen molar-refractivity contribution in [2.24, 2.45) is 10.4 Å². The Labute approximate surface area is 116 Å². The summed E-state index contributed by atoms with van der Waals surface area (Å²) in [5.74, 6) is 0.514. The molecule has 0 saturated heterocycles. The van der Waals surface area contributed by atoms with Crippen molar-refractivity contribution in [3.05, 3.63) is 28.3 Å². The minimum Gasteiger partial charge on any atom is -0.482 e. The van der Waals surface area contributed by atoms with Crippen LogP contribution in [0.1, 0.15) is 27.2 Å². The summed E-state index contributed by atoms with van der Waals surface area (Å²) in [5.41, 5.74) is 0.656. The quantitative estimate of drug-likeness (QED) is 0.623. The number of benzene rings is 1. The number of non-ortho nitro benzene ring substituents is 1. The monoisotopic (exact) mass is 273 g/mol. The summed E-state index contributed by atoms with van der Waals surface area (Å²) in [4.78, 5) is 14.6. The number of nitrogens with zero attached hydrogens (tertiary/aromatic N) is 3. The molecule has 2 rings (SSSR count). The van der Waals surface area contributed by atoms with Crippen molar-refractivity contribution >= 4 is 17.1 Å². The molecule has 0 bridgehead atoms. The third kappa shape index (κ3) is 2.77. The zero-order valence-corrected chi connectivity index (χ0v) is 11.6. The minimum absolute atomic E-state index is 0.0142. The predicted molar refractivity (Wildman–Crippen MR) is 74.3 cm³/mol. The highest BCUT2D eigenvalue weighted by molar-refractivity contribution is 5.91. The predicted octanol–water partition coefficient (Wildman–Crippen LogP) is 3.39. The Kier molecular flexibility index (Phi) is 3.45. The van der Waals surface area contributed by atoms with Gasteiger partial charge in [0.1, 0.15) is 17.5 Å². The number of nitro groups is 1. The SMILES string of the molecule is CC1=Nc2cc([N+](=O)[O-])ccc2O[C@@H]1CC(C)(C)C#N. The highest BCUT2D eigenvalue weighted by Crippen LogP contribution is 2.37. The number of aliphatic imine (C=N–C) groups is 1. The Morgan fingerprint density at radius 2 is 2.25 bits per heavy atom. The van der Waals surface area contributed by atoms with Crippen LogP contribution in [-0.2, 0) is 0 Å². The maximum absolute atomic E-state index is 10.7. The average molecular weight is 273 g/mol. The standard InChI is InChI=1S/C14H15N3O3/c1-9-13(7-14(2,3)8-15)20-12-5-4-10(17(18)19)6-11(12)16-9/h4-6,13H,7H2,1-3H3/t13-/m1/s1. The normalized spacial score (nSPS) is 17.5. The number of rotatable bonds is 3. The third-order valence-corrected chi connectivity index (χ3v) is 3.18. The first-order chi connectivity index (χ1) is 9.32. The van der Waals surface area contributed by atoms with E-state index in [1.165, 1.54) is 12.1 Å². The highest BCUT2D eigenvalue weighted by atomic mass is 16.6. The summed E-state index contributed by atoms with van der Waals surface area (Å²) in [7, 11) is 0. The first-order valence-corrected chi connectivity index (χ1v) is 6.24. The molecule has 6 nitrogen and oxygen atoms in total. The largest absolute Gasteiger partial charge is 0.482 e. The molecule has 0 radical (unpaired) electrons. The summed E-state index contributed by atoms with van der Waals surface area (Å²) < 4.78 is 5.81. The maximum atomic E-state index is 10.7. The van der Waals surface area contributed by atoms with Gasteiger partial charge in [0, 0.05) is 18.6 Å². The van der Waals surface area contributed by atoms with Gasteiger partial charge in [-0.25, -0.2) is 0 Å². The van der Waals surface area contributed by atoms with Crippen molar-refractivity contribution in [1.82, 2.24) is 0 Å². The zero-order chi connectivity index (χ0) is 14.9. The van der Waals surface area contributed by atoms with Gasteiger partial charge in [0.2, 0.25) is 0 Å². The molecular formula is C14H15N3O3. The molecule has 0 aliphatic carbocycles. The van der Waals surface area contributed by atoms with Crippen LogP contribution in [0.25, 0.3) is 0 Å². The Morgan fingerprint density at radius 1 is 1.55 bits per heavy atom. The fourth-order valence-corrected chi connectivity index (χ4v) is 2.01. The second-order valence-corrected chi connectivity index (χ2v) is 5.47. The van der Waals surface area contributed by atoms with Crippen LogP contribution < -0.4 is 4.74 Å². The van der Waals surface area contributed by atoms with E-state index in [2.05, 4.69) is 11.1 Å². The number of ether oxygens (including phenoxy) is 1. The lowest BCUT2D eigenvalue weighted by Gasteiger charge is -2.28. The molecule has 0 amide bonds. The van der Waals surface area contributed by atoms with Crippen molar-refractivity contribution in [2.45, 2.75) is 33.3 Å². The van der Waals surface area contributed by atoms with Crippen molar-refractivity contribution < 1.29 is 9.66 Å². The van der Waals surface area contributed by atoms with Gasteiger partial charge in [0.15, 0.2) is 0 Å². The molecule has 0 spiro atoms. The summed E-state index contributed by atoms with van der Waals surface area (Å²) in [5, 5.41) is 19.8. The van der Waals surface area contributed by atoms with Crippen molar-refractivity contribution in [2.75, 3.05) is 0 Å². The zero-order valence-electron chi connectivity index (χ0n) is 11.6.